The first-order chi connectivity index (χ1) is 11.3. The summed E-state index contributed by atoms with van der Waals surface area (Å²) in [5.74, 6) is 0.361. The molecule has 0 saturated carbocycles. The van der Waals surface area contributed by atoms with E-state index in [1.165, 1.54) is 11.1 Å². The van der Waals surface area contributed by atoms with Crippen molar-refractivity contribution in [2.75, 3.05) is 6.50 Å². The number of nitrogens with two attached hydrogens (primary N) is 1. The molecule has 5 rings (SSSR count). The molecule has 0 saturated heterocycles. The van der Waals surface area contributed by atoms with Crippen LogP contribution in [-0.2, 0) is 5.41 Å². The second kappa shape index (κ2) is 4.46. The maximum Gasteiger partial charge on any atom is 0.0425 e. The van der Waals surface area contributed by atoms with Gasteiger partial charge in [0.05, 0.1) is 0 Å². The molecule has 0 unspecified atom stereocenters. The fourth-order valence-corrected chi connectivity index (χ4v) is 4.24. The van der Waals surface area contributed by atoms with Crippen LogP contribution in [0.3, 0.4) is 0 Å². The van der Waals surface area contributed by atoms with Gasteiger partial charge in [0.2, 0.25) is 0 Å². The third-order valence-corrected chi connectivity index (χ3v) is 5.06. The Balaban J connectivity index is 1.95. The van der Waals surface area contributed by atoms with Crippen LogP contribution >= 0.6 is 0 Å². The summed E-state index contributed by atoms with van der Waals surface area (Å²) in [6.45, 7) is -2.38. The highest BCUT2D eigenvalue weighted by atomic mass is 14.5. The van der Waals surface area contributed by atoms with E-state index in [1.807, 2.05) is 24.3 Å². The molecular weight excluding hydrogens is 242 g/mol. The molecule has 2 bridgehead atoms. The summed E-state index contributed by atoms with van der Waals surface area (Å²) in [5.41, 5.74) is 9.87. The van der Waals surface area contributed by atoms with E-state index in [1.54, 1.807) is 0 Å². The number of fused-ring (bicyclic) bond motifs is 1. The van der Waals surface area contributed by atoms with Gasteiger partial charge in [0.1, 0.15) is 0 Å². The van der Waals surface area contributed by atoms with E-state index in [-0.39, 0.29) is 6.42 Å². The van der Waals surface area contributed by atoms with Crippen LogP contribution < -0.4 is 5.73 Å². The maximum atomic E-state index is 8.31. The lowest BCUT2D eigenvalue weighted by atomic mass is 9.54. The molecule has 20 heavy (non-hydrogen) atoms. The average molecular weight is 267 g/mol. The second-order valence-electron chi connectivity index (χ2n) is 5.85. The molecule has 1 heteroatoms. The van der Waals surface area contributed by atoms with E-state index < -0.39 is 18.3 Å². The Bertz CT molecular complexity index is 746. The lowest BCUT2D eigenvalue weighted by Crippen LogP contribution is -2.40. The molecule has 0 fully saturated rings. The summed E-state index contributed by atoms with van der Waals surface area (Å²) in [4.78, 5) is 0. The molecule has 3 aliphatic rings. The molecule has 0 radical (unpaired) electrons. The van der Waals surface area contributed by atoms with Crippen LogP contribution in [0.2, 0.25) is 0 Å². The first-order valence-corrected chi connectivity index (χ1v) is 7.24. The van der Waals surface area contributed by atoms with Gasteiger partial charge in [-0.2, -0.15) is 0 Å². The third-order valence-electron chi connectivity index (χ3n) is 5.06. The van der Waals surface area contributed by atoms with Crippen LogP contribution in [-0.4, -0.2) is 6.50 Å². The monoisotopic (exact) mass is 267 g/mol. The van der Waals surface area contributed by atoms with Gasteiger partial charge in [-0.15, -0.1) is 0 Å². The SMILES string of the molecule is [2H]C([2H])(N)C([2H])([2H])CC12CCC(c3ccccc31)c1ccccc12. The van der Waals surface area contributed by atoms with Crippen molar-refractivity contribution < 1.29 is 5.48 Å². The van der Waals surface area contributed by atoms with Crippen LogP contribution in [0.15, 0.2) is 48.5 Å². The zero-order chi connectivity index (χ0) is 17.2. The second-order valence-corrected chi connectivity index (χ2v) is 5.85. The summed E-state index contributed by atoms with van der Waals surface area (Å²) in [7, 11) is 0. The topological polar surface area (TPSA) is 26.0 Å². The Morgan fingerprint density at radius 3 is 2.25 bits per heavy atom. The molecule has 102 valence electrons. The minimum atomic E-state index is -2.38. The van der Waals surface area contributed by atoms with Crippen molar-refractivity contribution in [3.05, 3.63) is 70.8 Å². The largest absolute Gasteiger partial charge is 0.330 e. The first kappa shape index (κ1) is 8.63. The van der Waals surface area contributed by atoms with Crippen LogP contribution in [0.25, 0.3) is 0 Å². The van der Waals surface area contributed by atoms with Gasteiger partial charge in [-0.3, -0.25) is 0 Å². The Kier molecular flexibility index (Phi) is 1.92. The highest BCUT2D eigenvalue weighted by Gasteiger charge is 2.47. The molecule has 2 aromatic carbocycles. The number of hydrogen-bond donors (Lipinski definition) is 1. The summed E-state index contributed by atoms with van der Waals surface area (Å²) in [5, 5.41) is 0. The van der Waals surface area contributed by atoms with E-state index in [9.17, 15) is 0 Å². The number of rotatable bonds is 3. The number of benzene rings is 2. The highest BCUT2D eigenvalue weighted by molar-refractivity contribution is 5.58. The van der Waals surface area contributed by atoms with E-state index in [0.29, 0.717) is 5.92 Å². The molecule has 0 amide bonds. The van der Waals surface area contributed by atoms with Gasteiger partial charge in [0, 0.05) is 16.8 Å². The predicted octanol–water partition coefficient (Wildman–Crippen LogP) is 3.95. The normalized spacial score (nSPS) is 30.6. The number of hydrogen-bond acceptors (Lipinski definition) is 1. The lowest BCUT2D eigenvalue weighted by molar-refractivity contribution is 0.344. The molecular formula is C19H21N. The van der Waals surface area contributed by atoms with Gasteiger partial charge in [0.25, 0.3) is 0 Å². The highest BCUT2D eigenvalue weighted by Crippen LogP contribution is 2.57. The van der Waals surface area contributed by atoms with Crippen molar-refractivity contribution in [1.82, 2.24) is 0 Å². The molecule has 0 spiro atoms. The summed E-state index contributed by atoms with van der Waals surface area (Å²) in [6, 6.07) is 16.5. The molecule has 0 aromatic heterocycles. The van der Waals surface area contributed by atoms with Crippen molar-refractivity contribution in [2.24, 2.45) is 5.73 Å². The fourth-order valence-electron chi connectivity index (χ4n) is 4.24. The summed E-state index contributed by atoms with van der Waals surface area (Å²) < 4.78 is 32.1. The third kappa shape index (κ3) is 1.47. The molecule has 0 heterocycles. The van der Waals surface area contributed by atoms with E-state index in [4.69, 9.17) is 11.2 Å². The van der Waals surface area contributed by atoms with Crippen molar-refractivity contribution in [1.29, 1.82) is 0 Å². The molecule has 2 N–H and O–H groups in total. The lowest BCUT2D eigenvalue weighted by Gasteiger charge is -2.49. The van der Waals surface area contributed by atoms with Gasteiger partial charge in [0.15, 0.2) is 0 Å². The van der Waals surface area contributed by atoms with Gasteiger partial charge >= 0.3 is 0 Å². The van der Waals surface area contributed by atoms with E-state index in [0.717, 1.165) is 24.0 Å². The van der Waals surface area contributed by atoms with E-state index >= 15 is 0 Å². The standard InChI is InChI=1S/C19H21N/c20-13-5-11-19-12-10-14(15-6-1-3-8-17(15)19)16-7-2-4-9-18(16)19/h1-4,6-9,14H,5,10-13,20H2/i5D2,13D2. The zero-order valence-electron chi connectivity index (χ0n) is 15.4. The van der Waals surface area contributed by atoms with Gasteiger partial charge in [-0.05, 0) is 54.4 Å². The quantitative estimate of drug-likeness (QED) is 0.895. The maximum absolute atomic E-state index is 8.31. The predicted molar refractivity (Wildman–Crippen MR) is 83.0 cm³/mol. The van der Waals surface area contributed by atoms with Crippen LogP contribution in [0.1, 0.15) is 59.3 Å². The van der Waals surface area contributed by atoms with Crippen LogP contribution in [0.4, 0.5) is 0 Å². The zero-order valence-corrected chi connectivity index (χ0v) is 11.4. The average Bonchev–Trinajstić information content (AvgIpc) is 2.54. The first-order valence-electron chi connectivity index (χ1n) is 9.24. The molecule has 3 aliphatic carbocycles. The van der Waals surface area contributed by atoms with Crippen molar-refractivity contribution >= 4 is 0 Å². The van der Waals surface area contributed by atoms with Crippen molar-refractivity contribution in [3.63, 3.8) is 0 Å². The molecule has 1 nitrogen and oxygen atoms in total. The summed E-state index contributed by atoms with van der Waals surface area (Å²) >= 11 is 0. The van der Waals surface area contributed by atoms with Crippen molar-refractivity contribution in [3.8, 4) is 0 Å². The fraction of sp³-hybridized carbons (Fsp3) is 0.368. The Morgan fingerprint density at radius 1 is 1.05 bits per heavy atom. The Morgan fingerprint density at radius 2 is 1.65 bits per heavy atom. The van der Waals surface area contributed by atoms with Gasteiger partial charge < -0.3 is 5.73 Å². The minimum absolute atomic E-state index is 0.0598. The van der Waals surface area contributed by atoms with Gasteiger partial charge in [-0.1, -0.05) is 48.5 Å². The minimum Gasteiger partial charge on any atom is -0.330 e. The van der Waals surface area contributed by atoms with E-state index in [2.05, 4.69) is 24.3 Å². The van der Waals surface area contributed by atoms with Crippen LogP contribution in [0.5, 0.6) is 0 Å². The van der Waals surface area contributed by atoms with Crippen LogP contribution in [0, 0.1) is 0 Å². The molecule has 0 atom stereocenters. The Hall–Kier alpha value is -1.60. The van der Waals surface area contributed by atoms with Crippen molar-refractivity contribution in [2.45, 2.75) is 37.0 Å². The van der Waals surface area contributed by atoms with Gasteiger partial charge in [-0.25, -0.2) is 0 Å². The molecule has 0 aliphatic heterocycles. The molecule has 2 aromatic rings. The Labute approximate surface area is 126 Å². The smallest absolute Gasteiger partial charge is 0.0425 e. The summed E-state index contributed by atoms with van der Waals surface area (Å²) in [6.07, 6.45) is -0.249.